The van der Waals surface area contributed by atoms with E-state index >= 15 is 0 Å². The van der Waals surface area contributed by atoms with Crippen LogP contribution in [0.15, 0.2) is 41.1 Å². The molecule has 1 aromatic heterocycles. The number of aromatic nitrogens is 1. The fraction of sp³-hybridized carbons (Fsp3) is 0.182. The van der Waals surface area contributed by atoms with Crippen LogP contribution in [0.2, 0.25) is 0 Å². The minimum atomic E-state index is 0.583. The van der Waals surface area contributed by atoms with Gasteiger partial charge in [-0.2, -0.15) is 0 Å². The van der Waals surface area contributed by atoms with E-state index < -0.39 is 0 Å². The molecule has 0 radical (unpaired) electrons. The predicted octanol–water partition coefficient (Wildman–Crippen LogP) is 1.71. The molecule has 1 aromatic carbocycles. The fourth-order valence-electron chi connectivity index (χ4n) is 1.37. The highest BCUT2D eigenvalue weighted by Crippen LogP contribution is 2.26. The first-order chi connectivity index (χ1) is 7.42. The van der Waals surface area contributed by atoms with Crippen LogP contribution in [0.5, 0.6) is 0 Å². The highest BCUT2D eigenvalue weighted by atomic mass is 16.5. The summed E-state index contributed by atoms with van der Waals surface area (Å²) >= 11 is 0. The molecule has 0 aliphatic heterocycles. The number of nitrogens with zero attached hydrogens (tertiary/aromatic N) is 1. The second-order valence-electron chi connectivity index (χ2n) is 3.15. The van der Waals surface area contributed by atoms with E-state index in [0.29, 0.717) is 13.1 Å². The molecule has 0 unspecified atom stereocenters. The molecule has 1 heterocycles. The third-order valence-corrected chi connectivity index (χ3v) is 2.07. The molecule has 0 saturated heterocycles. The molecule has 4 nitrogen and oxygen atoms in total. The molecule has 0 aliphatic rings. The van der Waals surface area contributed by atoms with Crippen molar-refractivity contribution in [3.05, 3.63) is 36.5 Å². The molecule has 2 rings (SSSR count). The van der Waals surface area contributed by atoms with Crippen molar-refractivity contribution in [3.63, 3.8) is 0 Å². The van der Waals surface area contributed by atoms with Gasteiger partial charge in [-0.15, -0.1) is 0 Å². The number of nitrogens with two attached hydrogens (primary N) is 1. The Hall–Kier alpha value is -1.81. The summed E-state index contributed by atoms with van der Waals surface area (Å²) in [5.74, 6) is 0.754. The van der Waals surface area contributed by atoms with Crippen molar-refractivity contribution in [1.29, 1.82) is 0 Å². The maximum absolute atomic E-state index is 5.42. The maximum atomic E-state index is 5.42. The Balaban J connectivity index is 2.25. The summed E-state index contributed by atoms with van der Waals surface area (Å²) in [6, 6.07) is 9.85. The molecular formula is C11H13N3O. The SMILES string of the molecule is NCCNc1cnoc1-c1ccccc1. The normalized spacial score (nSPS) is 10.2. The number of rotatable bonds is 4. The molecule has 2 aromatic rings. The molecule has 4 heteroatoms. The summed E-state index contributed by atoms with van der Waals surface area (Å²) in [7, 11) is 0. The van der Waals surface area contributed by atoms with Crippen LogP contribution in [0.25, 0.3) is 11.3 Å². The lowest BCUT2D eigenvalue weighted by molar-refractivity contribution is 0.432. The van der Waals surface area contributed by atoms with E-state index in [9.17, 15) is 0 Å². The molecule has 0 fully saturated rings. The molecule has 0 aliphatic carbocycles. The second-order valence-corrected chi connectivity index (χ2v) is 3.15. The van der Waals surface area contributed by atoms with Gasteiger partial charge in [0.1, 0.15) is 5.69 Å². The first-order valence-corrected chi connectivity index (χ1v) is 4.86. The average molecular weight is 203 g/mol. The minimum Gasteiger partial charge on any atom is -0.379 e. The number of hydrogen-bond donors (Lipinski definition) is 2. The summed E-state index contributed by atoms with van der Waals surface area (Å²) in [4.78, 5) is 0. The first kappa shape index (κ1) is 9.73. The van der Waals surface area contributed by atoms with E-state index in [0.717, 1.165) is 17.0 Å². The zero-order valence-corrected chi connectivity index (χ0v) is 8.31. The van der Waals surface area contributed by atoms with E-state index in [1.807, 2.05) is 30.3 Å². The van der Waals surface area contributed by atoms with Gasteiger partial charge in [-0.3, -0.25) is 0 Å². The van der Waals surface area contributed by atoms with Gasteiger partial charge in [0, 0.05) is 18.7 Å². The Morgan fingerprint density at radius 3 is 2.80 bits per heavy atom. The molecule has 0 spiro atoms. The van der Waals surface area contributed by atoms with Gasteiger partial charge in [-0.1, -0.05) is 35.5 Å². The monoisotopic (exact) mass is 203 g/mol. The Kier molecular flexibility index (Phi) is 2.99. The Morgan fingerprint density at radius 1 is 1.27 bits per heavy atom. The standard InChI is InChI=1S/C11H13N3O/c12-6-7-13-10-8-14-15-11(10)9-4-2-1-3-5-9/h1-5,8,13H,6-7,12H2. The van der Waals surface area contributed by atoms with Crippen LogP contribution >= 0.6 is 0 Å². The third-order valence-electron chi connectivity index (χ3n) is 2.07. The number of benzene rings is 1. The van der Waals surface area contributed by atoms with Crippen molar-refractivity contribution in [1.82, 2.24) is 5.16 Å². The Morgan fingerprint density at radius 2 is 2.07 bits per heavy atom. The van der Waals surface area contributed by atoms with Gasteiger partial charge < -0.3 is 15.6 Å². The largest absolute Gasteiger partial charge is 0.379 e. The first-order valence-electron chi connectivity index (χ1n) is 4.86. The molecule has 0 atom stereocenters. The number of nitrogens with one attached hydrogen (secondary N) is 1. The summed E-state index contributed by atoms with van der Waals surface area (Å²) in [6.07, 6.45) is 1.66. The van der Waals surface area contributed by atoms with E-state index in [1.165, 1.54) is 0 Å². The van der Waals surface area contributed by atoms with Gasteiger partial charge in [-0.25, -0.2) is 0 Å². The van der Waals surface area contributed by atoms with Crippen LogP contribution in [0, 0.1) is 0 Å². The lowest BCUT2D eigenvalue weighted by Gasteiger charge is -2.02. The zero-order chi connectivity index (χ0) is 10.5. The van der Waals surface area contributed by atoms with E-state index in [-0.39, 0.29) is 0 Å². The van der Waals surface area contributed by atoms with E-state index in [2.05, 4.69) is 10.5 Å². The maximum Gasteiger partial charge on any atom is 0.189 e. The molecular weight excluding hydrogens is 190 g/mol. The Labute approximate surface area is 88.1 Å². The minimum absolute atomic E-state index is 0.583. The van der Waals surface area contributed by atoms with Crippen LogP contribution in [-0.2, 0) is 0 Å². The van der Waals surface area contributed by atoms with Crippen LogP contribution in [0.4, 0.5) is 5.69 Å². The smallest absolute Gasteiger partial charge is 0.189 e. The van der Waals surface area contributed by atoms with Crippen molar-refractivity contribution in [2.24, 2.45) is 5.73 Å². The second kappa shape index (κ2) is 4.61. The summed E-state index contributed by atoms with van der Waals surface area (Å²) < 4.78 is 5.19. The van der Waals surface area contributed by atoms with Gasteiger partial charge in [0.2, 0.25) is 0 Å². The summed E-state index contributed by atoms with van der Waals surface area (Å²) in [5.41, 5.74) is 7.31. The Bertz CT molecular complexity index is 411. The van der Waals surface area contributed by atoms with Crippen molar-refractivity contribution in [2.45, 2.75) is 0 Å². The quantitative estimate of drug-likeness (QED) is 0.794. The van der Waals surface area contributed by atoms with E-state index in [4.69, 9.17) is 10.3 Å². The zero-order valence-electron chi connectivity index (χ0n) is 8.31. The van der Waals surface area contributed by atoms with Gasteiger partial charge >= 0.3 is 0 Å². The van der Waals surface area contributed by atoms with Crippen molar-refractivity contribution >= 4 is 5.69 Å². The number of hydrogen-bond acceptors (Lipinski definition) is 4. The molecule has 3 N–H and O–H groups in total. The highest BCUT2D eigenvalue weighted by molar-refractivity contribution is 5.71. The third kappa shape index (κ3) is 2.16. The number of anilines is 1. The lowest BCUT2D eigenvalue weighted by Crippen LogP contribution is -2.12. The molecule has 0 bridgehead atoms. The molecule has 0 saturated carbocycles. The van der Waals surface area contributed by atoms with Crippen LogP contribution in [0.1, 0.15) is 0 Å². The van der Waals surface area contributed by atoms with Gasteiger partial charge in [-0.05, 0) is 0 Å². The van der Waals surface area contributed by atoms with Crippen LogP contribution in [-0.4, -0.2) is 18.2 Å². The molecule has 0 amide bonds. The topological polar surface area (TPSA) is 64.1 Å². The molecule has 78 valence electrons. The fourth-order valence-corrected chi connectivity index (χ4v) is 1.37. The molecule has 15 heavy (non-hydrogen) atoms. The van der Waals surface area contributed by atoms with Crippen molar-refractivity contribution in [2.75, 3.05) is 18.4 Å². The highest BCUT2D eigenvalue weighted by Gasteiger charge is 2.08. The predicted molar refractivity (Wildman–Crippen MR) is 59.5 cm³/mol. The van der Waals surface area contributed by atoms with Crippen molar-refractivity contribution in [3.8, 4) is 11.3 Å². The lowest BCUT2D eigenvalue weighted by atomic mass is 10.1. The van der Waals surface area contributed by atoms with Gasteiger partial charge in [0.05, 0.1) is 6.20 Å². The average Bonchev–Trinajstić information content (AvgIpc) is 2.75. The summed E-state index contributed by atoms with van der Waals surface area (Å²) in [5, 5.41) is 6.93. The van der Waals surface area contributed by atoms with Crippen LogP contribution in [0.3, 0.4) is 0 Å². The van der Waals surface area contributed by atoms with Gasteiger partial charge in [0.15, 0.2) is 5.76 Å². The summed E-state index contributed by atoms with van der Waals surface area (Å²) in [6.45, 7) is 1.29. The van der Waals surface area contributed by atoms with Gasteiger partial charge in [0.25, 0.3) is 0 Å². The van der Waals surface area contributed by atoms with Crippen LogP contribution < -0.4 is 11.1 Å². The van der Waals surface area contributed by atoms with E-state index in [1.54, 1.807) is 6.20 Å². The van der Waals surface area contributed by atoms with Crippen molar-refractivity contribution < 1.29 is 4.52 Å².